The van der Waals surface area contributed by atoms with Crippen molar-refractivity contribution in [2.75, 3.05) is 30.3 Å². The molecule has 5 nitrogen and oxygen atoms in total. The van der Waals surface area contributed by atoms with Gasteiger partial charge in [0, 0.05) is 19.6 Å². The molecule has 3 N–H and O–H groups in total. The third kappa shape index (κ3) is 3.47. The van der Waals surface area contributed by atoms with E-state index in [4.69, 9.17) is 5.73 Å². The van der Waals surface area contributed by atoms with Crippen molar-refractivity contribution in [2.45, 2.75) is 26.2 Å². The van der Waals surface area contributed by atoms with E-state index in [1.165, 1.54) is 24.2 Å². The first-order valence-electron chi connectivity index (χ1n) is 6.63. The summed E-state index contributed by atoms with van der Waals surface area (Å²) >= 11 is 1.39. The highest BCUT2D eigenvalue weighted by Gasteiger charge is 2.21. The predicted molar refractivity (Wildman–Crippen MR) is 79.7 cm³/mol. The van der Waals surface area contributed by atoms with Crippen LogP contribution in [-0.2, 0) is 0 Å². The summed E-state index contributed by atoms with van der Waals surface area (Å²) in [5, 5.41) is 3.73. The zero-order valence-corrected chi connectivity index (χ0v) is 12.0. The van der Waals surface area contributed by atoms with Crippen molar-refractivity contribution in [2.24, 2.45) is 0 Å². The van der Waals surface area contributed by atoms with E-state index < -0.39 is 0 Å². The topological polar surface area (TPSA) is 71.2 Å². The molecule has 1 aliphatic rings. The molecular weight excluding hydrogens is 260 g/mol. The summed E-state index contributed by atoms with van der Waals surface area (Å²) in [5.41, 5.74) is 5.84. The van der Waals surface area contributed by atoms with E-state index in [1.54, 1.807) is 0 Å². The second kappa shape index (κ2) is 6.56. The normalized spacial score (nSPS) is 15.3. The van der Waals surface area contributed by atoms with Gasteiger partial charge in [-0.1, -0.05) is 23.5 Å². The molecule has 1 aromatic rings. The number of aromatic nitrogens is 1. The van der Waals surface area contributed by atoms with Gasteiger partial charge in [-0.05, 0) is 26.2 Å². The lowest BCUT2D eigenvalue weighted by Gasteiger charge is -2.11. The van der Waals surface area contributed by atoms with E-state index in [-0.39, 0.29) is 5.91 Å². The first-order valence-corrected chi connectivity index (χ1v) is 7.44. The van der Waals surface area contributed by atoms with Gasteiger partial charge in [-0.15, -0.1) is 0 Å². The summed E-state index contributed by atoms with van der Waals surface area (Å²) in [4.78, 5) is 19.0. The predicted octanol–water partition coefficient (Wildman–Crippen LogP) is 2.02. The monoisotopic (exact) mass is 280 g/mol. The number of nitrogens with one attached hydrogen (secondary N) is 1. The van der Waals surface area contributed by atoms with Gasteiger partial charge in [0.2, 0.25) is 0 Å². The fraction of sp³-hybridized carbons (Fsp3) is 0.538. The molecule has 2 heterocycles. The van der Waals surface area contributed by atoms with Crippen LogP contribution in [0.2, 0.25) is 0 Å². The molecule has 0 unspecified atom stereocenters. The maximum absolute atomic E-state index is 12.0. The molecule has 19 heavy (non-hydrogen) atoms. The first kappa shape index (κ1) is 13.9. The number of hydrogen-bond donors (Lipinski definition) is 2. The highest BCUT2D eigenvalue weighted by Crippen LogP contribution is 2.30. The maximum atomic E-state index is 12.0. The minimum Gasteiger partial charge on any atom is -0.382 e. The van der Waals surface area contributed by atoms with Gasteiger partial charge in [0.15, 0.2) is 5.13 Å². The highest BCUT2D eigenvalue weighted by atomic mass is 32.1. The lowest BCUT2D eigenvalue weighted by atomic mass is 10.3. The van der Waals surface area contributed by atoms with Crippen LogP contribution < -0.4 is 16.0 Å². The molecule has 104 valence electrons. The van der Waals surface area contributed by atoms with Crippen LogP contribution in [0.15, 0.2) is 12.2 Å². The Morgan fingerprint density at radius 3 is 2.95 bits per heavy atom. The number of amides is 1. The Balaban J connectivity index is 1.97. The number of nitrogens with zero attached hydrogens (tertiary/aromatic N) is 2. The quantitative estimate of drug-likeness (QED) is 0.639. The zero-order chi connectivity index (χ0) is 13.7. The van der Waals surface area contributed by atoms with Gasteiger partial charge >= 0.3 is 0 Å². The molecule has 0 bridgehead atoms. The van der Waals surface area contributed by atoms with Crippen LogP contribution in [-0.4, -0.2) is 30.5 Å². The highest BCUT2D eigenvalue weighted by molar-refractivity contribution is 7.18. The summed E-state index contributed by atoms with van der Waals surface area (Å²) in [5.74, 6) is 0.223. The fourth-order valence-electron chi connectivity index (χ4n) is 2.04. The van der Waals surface area contributed by atoms with Crippen molar-refractivity contribution in [3.63, 3.8) is 0 Å². The van der Waals surface area contributed by atoms with Gasteiger partial charge in [0.1, 0.15) is 10.7 Å². The Labute approximate surface area is 117 Å². The SMILES string of the molecule is C/C=C/CCNC(=O)c1sc(N2CCCC2)nc1N. The molecule has 0 aromatic carbocycles. The summed E-state index contributed by atoms with van der Waals surface area (Å²) in [7, 11) is 0. The molecule has 6 heteroatoms. The zero-order valence-electron chi connectivity index (χ0n) is 11.2. The van der Waals surface area contributed by atoms with Gasteiger partial charge in [0.05, 0.1) is 0 Å². The lowest BCUT2D eigenvalue weighted by Crippen LogP contribution is -2.24. The second-order valence-electron chi connectivity index (χ2n) is 4.52. The van der Waals surface area contributed by atoms with E-state index in [0.29, 0.717) is 17.2 Å². The molecule has 0 radical (unpaired) electrons. The van der Waals surface area contributed by atoms with Crippen molar-refractivity contribution in [1.29, 1.82) is 0 Å². The van der Waals surface area contributed by atoms with Crippen LogP contribution in [0.5, 0.6) is 0 Å². The molecule has 0 spiro atoms. The number of carbonyl (C=O) groups is 1. The van der Waals surface area contributed by atoms with Gasteiger partial charge in [-0.3, -0.25) is 4.79 Å². The van der Waals surface area contributed by atoms with Crippen molar-refractivity contribution < 1.29 is 4.79 Å². The first-order chi connectivity index (χ1) is 9.22. The van der Waals surface area contributed by atoms with Crippen LogP contribution in [0, 0.1) is 0 Å². The van der Waals surface area contributed by atoms with Crippen LogP contribution in [0.1, 0.15) is 35.9 Å². The average molecular weight is 280 g/mol. The van der Waals surface area contributed by atoms with Crippen molar-refractivity contribution >= 4 is 28.2 Å². The molecule has 1 saturated heterocycles. The maximum Gasteiger partial charge on any atom is 0.265 e. The summed E-state index contributed by atoms with van der Waals surface area (Å²) < 4.78 is 0. The van der Waals surface area contributed by atoms with Crippen LogP contribution in [0.25, 0.3) is 0 Å². The Bertz CT molecular complexity index is 463. The molecule has 0 atom stereocenters. The second-order valence-corrected chi connectivity index (χ2v) is 5.50. The molecule has 2 rings (SSSR count). The minimum absolute atomic E-state index is 0.120. The molecule has 1 fully saturated rings. The number of thiazole rings is 1. The van der Waals surface area contributed by atoms with Crippen LogP contribution in [0.3, 0.4) is 0 Å². The van der Waals surface area contributed by atoms with Crippen LogP contribution in [0.4, 0.5) is 10.9 Å². The van der Waals surface area contributed by atoms with E-state index in [1.807, 2.05) is 19.1 Å². The van der Waals surface area contributed by atoms with Crippen LogP contribution >= 0.6 is 11.3 Å². The van der Waals surface area contributed by atoms with E-state index in [2.05, 4.69) is 15.2 Å². The van der Waals surface area contributed by atoms with Gasteiger partial charge in [-0.25, -0.2) is 4.98 Å². The third-order valence-corrected chi connectivity index (χ3v) is 4.19. The van der Waals surface area contributed by atoms with Crippen molar-refractivity contribution in [1.82, 2.24) is 10.3 Å². The molecule has 0 saturated carbocycles. The Hall–Kier alpha value is -1.56. The lowest BCUT2D eigenvalue weighted by molar-refractivity contribution is 0.0959. The number of nitrogen functional groups attached to an aromatic ring is 1. The minimum atomic E-state index is -0.120. The smallest absolute Gasteiger partial charge is 0.265 e. The number of allylic oxidation sites excluding steroid dienone is 1. The van der Waals surface area contributed by atoms with Gasteiger partial charge in [-0.2, -0.15) is 0 Å². The fourth-order valence-corrected chi connectivity index (χ4v) is 3.00. The molecule has 1 amide bonds. The number of hydrogen-bond acceptors (Lipinski definition) is 5. The van der Waals surface area contributed by atoms with Gasteiger partial charge < -0.3 is 16.0 Å². The Morgan fingerprint density at radius 1 is 1.53 bits per heavy atom. The molecular formula is C13H20N4OS. The third-order valence-electron chi connectivity index (χ3n) is 3.06. The van der Waals surface area contributed by atoms with E-state index >= 15 is 0 Å². The molecule has 1 aliphatic heterocycles. The number of rotatable bonds is 5. The number of carbonyl (C=O) groups excluding carboxylic acids is 1. The number of anilines is 2. The Kier molecular flexibility index (Phi) is 4.79. The van der Waals surface area contributed by atoms with Crippen molar-refractivity contribution in [3.05, 3.63) is 17.0 Å². The van der Waals surface area contributed by atoms with E-state index in [9.17, 15) is 4.79 Å². The van der Waals surface area contributed by atoms with Crippen molar-refractivity contribution in [3.8, 4) is 0 Å². The summed E-state index contributed by atoms with van der Waals surface area (Å²) in [6.07, 6.45) is 7.19. The standard InChI is InChI=1S/C13H20N4OS/c1-2-3-4-7-15-12(18)10-11(14)16-13(19-10)17-8-5-6-9-17/h2-3H,4-9,14H2,1H3,(H,15,18)/b3-2+. The van der Waals surface area contributed by atoms with E-state index in [0.717, 1.165) is 24.6 Å². The molecule has 0 aliphatic carbocycles. The average Bonchev–Trinajstić information content (AvgIpc) is 3.03. The summed E-state index contributed by atoms with van der Waals surface area (Å²) in [6, 6.07) is 0. The summed E-state index contributed by atoms with van der Waals surface area (Å²) in [6.45, 7) is 4.61. The Morgan fingerprint density at radius 2 is 2.26 bits per heavy atom. The number of nitrogens with two attached hydrogens (primary N) is 1. The van der Waals surface area contributed by atoms with Gasteiger partial charge in [0.25, 0.3) is 5.91 Å². The largest absolute Gasteiger partial charge is 0.382 e. The molecule has 1 aromatic heterocycles.